The third-order valence-corrected chi connectivity index (χ3v) is 3.55. The fraction of sp³-hybridized carbons (Fsp3) is 0.625. The molecule has 5 nitrogen and oxygen atoms in total. The highest BCUT2D eigenvalue weighted by Gasteiger charge is 2.12. The maximum absolute atomic E-state index is 5.36. The van der Waals surface area contributed by atoms with Gasteiger partial charge in [-0.3, -0.25) is 0 Å². The molecule has 0 bridgehead atoms. The number of hydrogen-bond donors (Lipinski definition) is 1. The molecule has 0 spiro atoms. The van der Waals surface area contributed by atoms with Crippen molar-refractivity contribution >= 4 is 0 Å². The predicted octanol–water partition coefficient (Wildman–Crippen LogP) is 2.14. The average Bonchev–Trinajstić information content (AvgIpc) is 2.53. The second-order valence-corrected chi connectivity index (χ2v) is 4.74. The third kappa shape index (κ3) is 5.10. The molecule has 0 aliphatic rings. The molecule has 0 atom stereocenters. The van der Waals surface area contributed by atoms with E-state index in [-0.39, 0.29) is 0 Å². The summed E-state index contributed by atoms with van der Waals surface area (Å²) >= 11 is 0. The van der Waals surface area contributed by atoms with Gasteiger partial charge in [0.1, 0.15) is 0 Å². The highest BCUT2D eigenvalue weighted by molar-refractivity contribution is 5.53. The third-order valence-electron chi connectivity index (χ3n) is 3.55. The molecule has 0 aliphatic heterocycles. The SMILES string of the molecule is CCN(CC)CCNCc1cc(OC)c(OC)c(OC)c1. The van der Waals surface area contributed by atoms with E-state index < -0.39 is 0 Å². The summed E-state index contributed by atoms with van der Waals surface area (Å²) in [6.07, 6.45) is 0. The molecule has 0 unspecified atom stereocenters. The molecule has 21 heavy (non-hydrogen) atoms. The Morgan fingerprint density at radius 1 is 0.952 bits per heavy atom. The van der Waals surface area contributed by atoms with Crippen molar-refractivity contribution in [1.29, 1.82) is 0 Å². The summed E-state index contributed by atoms with van der Waals surface area (Å²) in [4.78, 5) is 2.39. The van der Waals surface area contributed by atoms with Crippen LogP contribution in [0.3, 0.4) is 0 Å². The minimum absolute atomic E-state index is 0.631. The van der Waals surface area contributed by atoms with Gasteiger partial charge in [0.25, 0.3) is 0 Å². The van der Waals surface area contributed by atoms with Gasteiger partial charge in [-0.15, -0.1) is 0 Å². The first kappa shape index (κ1) is 17.6. The van der Waals surface area contributed by atoms with Crippen LogP contribution in [0.2, 0.25) is 0 Å². The van der Waals surface area contributed by atoms with Gasteiger partial charge in [-0.1, -0.05) is 13.8 Å². The van der Waals surface area contributed by atoms with Gasteiger partial charge >= 0.3 is 0 Å². The molecule has 0 aliphatic carbocycles. The molecule has 0 heterocycles. The van der Waals surface area contributed by atoms with Crippen molar-refractivity contribution in [2.24, 2.45) is 0 Å². The zero-order valence-electron chi connectivity index (χ0n) is 13.9. The first-order valence-electron chi connectivity index (χ1n) is 7.42. The zero-order chi connectivity index (χ0) is 15.7. The highest BCUT2D eigenvalue weighted by atomic mass is 16.5. The Bertz CT molecular complexity index is 395. The molecule has 0 radical (unpaired) electrons. The molecule has 0 aromatic heterocycles. The van der Waals surface area contributed by atoms with Crippen molar-refractivity contribution in [1.82, 2.24) is 10.2 Å². The fourth-order valence-corrected chi connectivity index (χ4v) is 2.25. The molecule has 1 aromatic rings. The van der Waals surface area contributed by atoms with E-state index in [4.69, 9.17) is 14.2 Å². The number of likely N-dealkylation sites (N-methyl/N-ethyl adjacent to an activating group) is 1. The van der Waals surface area contributed by atoms with E-state index in [1.807, 2.05) is 12.1 Å². The van der Waals surface area contributed by atoms with E-state index >= 15 is 0 Å². The maximum atomic E-state index is 5.36. The van der Waals surface area contributed by atoms with Crippen LogP contribution in [0.1, 0.15) is 19.4 Å². The number of nitrogens with zero attached hydrogens (tertiary/aromatic N) is 1. The molecule has 1 aromatic carbocycles. The van der Waals surface area contributed by atoms with Crippen LogP contribution in [-0.2, 0) is 6.54 Å². The zero-order valence-corrected chi connectivity index (χ0v) is 13.9. The molecule has 1 N–H and O–H groups in total. The largest absolute Gasteiger partial charge is 0.493 e. The van der Waals surface area contributed by atoms with Gasteiger partial charge in [-0.25, -0.2) is 0 Å². The van der Waals surface area contributed by atoms with E-state index in [0.717, 1.165) is 38.3 Å². The van der Waals surface area contributed by atoms with Gasteiger partial charge in [0.15, 0.2) is 11.5 Å². The summed E-state index contributed by atoms with van der Waals surface area (Å²) in [5.41, 5.74) is 1.11. The summed E-state index contributed by atoms with van der Waals surface area (Å²) in [5.74, 6) is 2.02. The summed E-state index contributed by atoms with van der Waals surface area (Å²) in [5, 5.41) is 3.45. The molecule has 120 valence electrons. The summed E-state index contributed by atoms with van der Waals surface area (Å²) < 4.78 is 16.0. The number of nitrogens with one attached hydrogen (secondary N) is 1. The normalized spacial score (nSPS) is 10.8. The van der Waals surface area contributed by atoms with E-state index in [1.54, 1.807) is 21.3 Å². The Balaban J connectivity index is 2.63. The van der Waals surface area contributed by atoms with Crippen molar-refractivity contribution in [3.63, 3.8) is 0 Å². The van der Waals surface area contributed by atoms with Gasteiger partial charge in [0, 0.05) is 19.6 Å². The number of rotatable bonds is 10. The van der Waals surface area contributed by atoms with Crippen molar-refractivity contribution in [2.75, 3.05) is 47.5 Å². The Kier molecular flexibility index (Phi) is 7.93. The number of methoxy groups -OCH3 is 3. The number of benzene rings is 1. The smallest absolute Gasteiger partial charge is 0.203 e. The number of hydrogen-bond acceptors (Lipinski definition) is 5. The van der Waals surface area contributed by atoms with E-state index in [9.17, 15) is 0 Å². The topological polar surface area (TPSA) is 43.0 Å². The lowest BCUT2D eigenvalue weighted by molar-refractivity contribution is 0.302. The minimum atomic E-state index is 0.631. The van der Waals surface area contributed by atoms with Crippen LogP contribution >= 0.6 is 0 Å². The lowest BCUT2D eigenvalue weighted by Crippen LogP contribution is -2.31. The Labute approximate surface area is 128 Å². The van der Waals surface area contributed by atoms with E-state index in [2.05, 4.69) is 24.1 Å². The van der Waals surface area contributed by atoms with Crippen LogP contribution in [0, 0.1) is 0 Å². The number of ether oxygens (including phenoxy) is 3. The van der Waals surface area contributed by atoms with Crippen LogP contribution in [0.15, 0.2) is 12.1 Å². The van der Waals surface area contributed by atoms with Crippen LogP contribution in [-0.4, -0.2) is 52.4 Å². The fourth-order valence-electron chi connectivity index (χ4n) is 2.25. The minimum Gasteiger partial charge on any atom is -0.493 e. The lowest BCUT2D eigenvalue weighted by Gasteiger charge is -2.18. The average molecular weight is 296 g/mol. The van der Waals surface area contributed by atoms with Crippen LogP contribution in [0.25, 0.3) is 0 Å². The summed E-state index contributed by atoms with van der Waals surface area (Å²) in [6.45, 7) is 9.32. The Hall–Kier alpha value is -1.46. The summed E-state index contributed by atoms with van der Waals surface area (Å²) in [6, 6.07) is 3.96. The monoisotopic (exact) mass is 296 g/mol. The van der Waals surface area contributed by atoms with Crippen LogP contribution in [0.4, 0.5) is 0 Å². The van der Waals surface area contributed by atoms with Crippen LogP contribution < -0.4 is 19.5 Å². The second kappa shape index (κ2) is 9.47. The van der Waals surface area contributed by atoms with Gasteiger partial charge in [0.05, 0.1) is 21.3 Å². The first-order chi connectivity index (χ1) is 10.2. The standard InChI is InChI=1S/C16H28N2O3/c1-6-18(7-2)9-8-17-12-13-10-14(19-3)16(21-5)15(11-13)20-4/h10-11,17H,6-9,12H2,1-5H3. The molecular weight excluding hydrogens is 268 g/mol. The van der Waals surface area contributed by atoms with Crippen molar-refractivity contribution in [2.45, 2.75) is 20.4 Å². The van der Waals surface area contributed by atoms with Crippen LogP contribution in [0.5, 0.6) is 17.2 Å². The van der Waals surface area contributed by atoms with Gasteiger partial charge in [-0.2, -0.15) is 0 Å². The highest BCUT2D eigenvalue weighted by Crippen LogP contribution is 2.38. The van der Waals surface area contributed by atoms with Gasteiger partial charge in [-0.05, 0) is 30.8 Å². The predicted molar refractivity (Wildman–Crippen MR) is 85.6 cm³/mol. The van der Waals surface area contributed by atoms with Crippen molar-refractivity contribution < 1.29 is 14.2 Å². The molecular formula is C16H28N2O3. The molecule has 1 rings (SSSR count). The second-order valence-electron chi connectivity index (χ2n) is 4.74. The quantitative estimate of drug-likeness (QED) is 0.670. The van der Waals surface area contributed by atoms with E-state index in [0.29, 0.717) is 17.2 Å². The van der Waals surface area contributed by atoms with Crippen molar-refractivity contribution in [3.05, 3.63) is 17.7 Å². The molecule has 0 fully saturated rings. The molecule has 0 amide bonds. The lowest BCUT2D eigenvalue weighted by atomic mass is 10.1. The molecule has 5 heteroatoms. The van der Waals surface area contributed by atoms with Crippen molar-refractivity contribution in [3.8, 4) is 17.2 Å². The van der Waals surface area contributed by atoms with E-state index in [1.165, 1.54) is 0 Å². The Morgan fingerprint density at radius 2 is 1.52 bits per heavy atom. The summed E-state index contributed by atoms with van der Waals surface area (Å²) in [7, 11) is 4.88. The van der Waals surface area contributed by atoms with Gasteiger partial charge < -0.3 is 24.4 Å². The maximum Gasteiger partial charge on any atom is 0.203 e. The molecule has 0 saturated carbocycles. The first-order valence-corrected chi connectivity index (χ1v) is 7.42. The van der Waals surface area contributed by atoms with Gasteiger partial charge in [0.2, 0.25) is 5.75 Å². The molecule has 0 saturated heterocycles. The Morgan fingerprint density at radius 3 is 1.95 bits per heavy atom.